The number of ether oxygens (including phenoxy) is 1. The molecule has 2 aliphatic heterocycles. The van der Waals surface area contributed by atoms with Gasteiger partial charge >= 0.3 is 6.03 Å². The number of rotatable bonds is 0. The average molecular weight is 213 g/mol. The monoisotopic (exact) mass is 213 g/mol. The van der Waals surface area contributed by atoms with Gasteiger partial charge in [-0.05, 0) is 19.8 Å². The number of nitrogens with two attached hydrogens (primary N) is 1. The number of primary amides is 1. The second-order valence-corrected chi connectivity index (χ2v) is 4.57. The van der Waals surface area contributed by atoms with E-state index in [0.717, 1.165) is 25.9 Å². The summed E-state index contributed by atoms with van der Waals surface area (Å²) in [6, 6.07) is -0.318. The third kappa shape index (κ3) is 2.23. The second kappa shape index (κ2) is 3.98. The maximum Gasteiger partial charge on any atom is 0.314 e. The van der Waals surface area contributed by atoms with Crippen molar-refractivity contribution >= 4 is 6.03 Å². The summed E-state index contributed by atoms with van der Waals surface area (Å²) in [5, 5.41) is 3.38. The van der Waals surface area contributed by atoms with Gasteiger partial charge in [-0.2, -0.15) is 0 Å². The molecule has 2 heterocycles. The van der Waals surface area contributed by atoms with Crippen LogP contribution in [0, 0.1) is 0 Å². The number of amides is 2. The van der Waals surface area contributed by atoms with Gasteiger partial charge in [0.2, 0.25) is 0 Å². The van der Waals surface area contributed by atoms with Crippen LogP contribution in [0.3, 0.4) is 0 Å². The zero-order valence-electron chi connectivity index (χ0n) is 9.16. The number of carbonyl (C=O) groups excluding carboxylic acids is 1. The molecule has 2 rings (SSSR count). The number of urea groups is 1. The average Bonchev–Trinajstić information content (AvgIpc) is 2.18. The molecule has 5 nitrogen and oxygen atoms in total. The van der Waals surface area contributed by atoms with Crippen molar-refractivity contribution in [3.63, 3.8) is 0 Å². The van der Waals surface area contributed by atoms with Crippen molar-refractivity contribution in [2.24, 2.45) is 5.73 Å². The molecule has 0 aromatic carbocycles. The van der Waals surface area contributed by atoms with E-state index in [1.807, 2.05) is 0 Å². The number of hydrogen-bond acceptors (Lipinski definition) is 3. The van der Waals surface area contributed by atoms with Gasteiger partial charge in [-0.3, -0.25) is 0 Å². The molecule has 15 heavy (non-hydrogen) atoms. The lowest BCUT2D eigenvalue weighted by atomic mass is 9.89. The highest BCUT2D eigenvalue weighted by molar-refractivity contribution is 5.72. The molecule has 2 saturated heterocycles. The third-order valence-corrected chi connectivity index (χ3v) is 3.32. The Bertz CT molecular complexity index is 249. The number of hydrogen-bond donors (Lipinski definition) is 2. The Morgan fingerprint density at radius 1 is 1.53 bits per heavy atom. The molecule has 0 aromatic heterocycles. The number of piperidine rings is 1. The van der Waals surface area contributed by atoms with Gasteiger partial charge < -0.3 is 20.7 Å². The first kappa shape index (κ1) is 10.7. The summed E-state index contributed by atoms with van der Waals surface area (Å²) in [7, 11) is 0. The molecule has 2 fully saturated rings. The van der Waals surface area contributed by atoms with Gasteiger partial charge in [0, 0.05) is 26.2 Å². The van der Waals surface area contributed by atoms with Crippen LogP contribution in [-0.4, -0.2) is 48.8 Å². The normalized spacial score (nSPS) is 30.5. The molecule has 0 radical (unpaired) electrons. The van der Waals surface area contributed by atoms with Crippen molar-refractivity contribution < 1.29 is 9.53 Å². The van der Waals surface area contributed by atoms with Gasteiger partial charge in [-0.15, -0.1) is 0 Å². The van der Waals surface area contributed by atoms with E-state index < -0.39 is 0 Å². The van der Waals surface area contributed by atoms with Crippen molar-refractivity contribution in [1.29, 1.82) is 0 Å². The predicted octanol–water partition coefficient (Wildman–Crippen LogP) is -0.0920. The second-order valence-electron chi connectivity index (χ2n) is 4.57. The molecule has 2 aliphatic rings. The molecule has 1 unspecified atom stereocenters. The van der Waals surface area contributed by atoms with Crippen LogP contribution in [0.1, 0.15) is 19.8 Å². The van der Waals surface area contributed by atoms with Gasteiger partial charge in [0.1, 0.15) is 0 Å². The SMILES string of the molecule is CC1CNCC2(CCN(C(N)=O)CC2)O1. The smallest absolute Gasteiger partial charge is 0.314 e. The van der Waals surface area contributed by atoms with E-state index in [-0.39, 0.29) is 17.7 Å². The molecular weight excluding hydrogens is 194 g/mol. The van der Waals surface area contributed by atoms with Crippen molar-refractivity contribution in [1.82, 2.24) is 10.2 Å². The third-order valence-electron chi connectivity index (χ3n) is 3.32. The molecule has 0 bridgehead atoms. The summed E-state index contributed by atoms with van der Waals surface area (Å²) in [6.07, 6.45) is 2.03. The quantitative estimate of drug-likeness (QED) is 0.591. The van der Waals surface area contributed by atoms with Crippen molar-refractivity contribution in [2.75, 3.05) is 26.2 Å². The van der Waals surface area contributed by atoms with Crippen LogP contribution in [0.4, 0.5) is 4.79 Å². The van der Waals surface area contributed by atoms with Gasteiger partial charge in [0.25, 0.3) is 0 Å². The largest absolute Gasteiger partial charge is 0.369 e. The van der Waals surface area contributed by atoms with Gasteiger partial charge in [0.15, 0.2) is 0 Å². The highest BCUT2D eigenvalue weighted by Crippen LogP contribution is 2.29. The first-order valence-electron chi connectivity index (χ1n) is 5.54. The lowest BCUT2D eigenvalue weighted by Crippen LogP contribution is -2.58. The molecule has 1 atom stereocenters. The first-order valence-corrected chi connectivity index (χ1v) is 5.54. The van der Waals surface area contributed by atoms with E-state index in [2.05, 4.69) is 12.2 Å². The number of nitrogens with zero attached hydrogens (tertiary/aromatic N) is 1. The molecule has 0 saturated carbocycles. The Hall–Kier alpha value is -0.810. The standard InChI is InChI=1S/C10H19N3O2/c1-8-6-12-7-10(15-8)2-4-13(5-3-10)9(11)14/h8,12H,2-7H2,1H3,(H2,11,14). The van der Waals surface area contributed by atoms with Crippen LogP contribution in [0.2, 0.25) is 0 Å². The van der Waals surface area contributed by atoms with E-state index in [1.165, 1.54) is 0 Å². The minimum Gasteiger partial charge on any atom is -0.369 e. The first-order chi connectivity index (χ1) is 7.11. The molecule has 1 spiro atoms. The summed E-state index contributed by atoms with van der Waals surface area (Å²) in [5.41, 5.74) is 5.18. The van der Waals surface area contributed by atoms with Crippen LogP contribution in [-0.2, 0) is 4.74 Å². The van der Waals surface area contributed by atoms with Crippen LogP contribution in [0.25, 0.3) is 0 Å². The van der Waals surface area contributed by atoms with Gasteiger partial charge in [-0.1, -0.05) is 0 Å². The molecule has 5 heteroatoms. The number of carbonyl (C=O) groups is 1. The fraction of sp³-hybridized carbons (Fsp3) is 0.900. The minimum absolute atomic E-state index is 0.0659. The molecule has 86 valence electrons. The molecular formula is C10H19N3O2. The topological polar surface area (TPSA) is 67.6 Å². The highest BCUT2D eigenvalue weighted by Gasteiger charge is 2.39. The Balaban J connectivity index is 1.93. The number of nitrogens with one attached hydrogen (secondary N) is 1. The zero-order chi connectivity index (χ0) is 10.9. The van der Waals surface area contributed by atoms with E-state index in [0.29, 0.717) is 13.1 Å². The van der Waals surface area contributed by atoms with Crippen LogP contribution in [0.15, 0.2) is 0 Å². The van der Waals surface area contributed by atoms with Crippen LogP contribution >= 0.6 is 0 Å². The summed E-state index contributed by atoms with van der Waals surface area (Å²) in [6.45, 7) is 5.31. The molecule has 3 N–H and O–H groups in total. The van der Waals surface area contributed by atoms with Crippen molar-refractivity contribution in [3.8, 4) is 0 Å². The molecule has 0 aromatic rings. The Morgan fingerprint density at radius 2 is 2.20 bits per heavy atom. The van der Waals surface area contributed by atoms with Gasteiger partial charge in [-0.25, -0.2) is 4.79 Å². The van der Waals surface area contributed by atoms with Crippen molar-refractivity contribution in [3.05, 3.63) is 0 Å². The summed E-state index contributed by atoms with van der Waals surface area (Å²) in [5.74, 6) is 0. The van der Waals surface area contributed by atoms with Crippen LogP contribution < -0.4 is 11.1 Å². The Morgan fingerprint density at radius 3 is 2.73 bits per heavy atom. The highest BCUT2D eigenvalue weighted by atomic mass is 16.5. The van der Waals surface area contributed by atoms with E-state index >= 15 is 0 Å². The van der Waals surface area contributed by atoms with Crippen LogP contribution in [0.5, 0.6) is 0 Å². The van der Waals surface area contributed by atoms with Gasteiger partial charge in [0.05, 0.1) is 11.7 Å². The fourth-order valence-electron chi connectivity index (χ4n) is 2.44. The number of morpholine rings is 1. The Kier molecular flexibility index (Phi) is 2.84. The maximum atomic E-state index is 11.0. The predicted molar refractivity (Wildman–Crippen MR) is 56.5 cm³/mol. The summed E-state index contributed by atoms with van der Waals surface area (Å²) < 4.78 is 6.00. The molecule has 2 amide bonds. The maximum absolute atomic E-state index is 11.0. The molecule has 0 aliphatic carbocycles. The Labute approximate surface area is 89.9 Å². The zero-order valence-corrected chi connectivity index (χ0v) is 9.16. The van der Waals surface area contributed by atoms with Crippen molar-refractivity contribution in [2.45, 2.75) is 31.5 Å². The summed E-state index contributed by atoms with van der Waals surface area (Å²) >= 11 is 0. The van der Waals surface area contributed by atoms with E-state index in [1.54, 1.807) is 4.90 Å². The van der Waals surface area contributed by atoms with E-state index in [4.69, 9.17) is 10.5 Å². The lowest BCUT2D eigenvalue weighted by molar-refractivity contribution is -0.131. The summed E-state index contributed by atoms with van der Waals surface area (Å²) in [4.78, 5) is 12.7. The lowest BCUT2D eigenvalue weighted by Gasteiger charge is -2.45. The fourth-order valence-corrected chi connectivity index (χ4v) is 2.44. The number of likely N-dealkylation sites (tertiary alicyclic amines) is 1. The minimum atomic E-state index is -0.318. The van der Waals surface area contributed by atoms with E-state index in [9.17, 15) is 4.79 Å².